The maximum absolute atomic E-state index is 13.0. The van der Waals surface area contributed by atoms with Gasteiger partial charge in [0.1, 0.15) is 11.6 Å². The Morgan fingerprint density at radius 1 is 1.26 bits per heavy atom. The highest BCUT2D eigenvalue weighted by atomic mass is 32.2. The van der Waals surface area contributed by atoms with Gasteiger partial charge in [-0.1, -0.05) is 6.07 Å². The molecule has 0 aliphatic carbocycles. The summed E-state index contributed by atoms with van der Waals surface area (Å²) >= 11 is 0. The van der Waals surface area contributed by atoms with Crippen LogP contribution in [0.4, 0.5) is 10.1 Å². The number of benzene rings is 1. The van der Waals surface area contributed by atoms with Crippen LogP contribution in [0.1, 0.15) is 5.76 Å². The second-order valence-electron chi connectivity index (χ2n) is 3.87. The summed E-state index contributed by atoms with van der Waals surface area (Å²) in [6.07, 6.45) is 0. The van der Waals surface area contributed by atoms with E-state index in [1.807, 2.05) is 0 Å². The third-order valence-corrected chi connectivity index (χ3v) is 3.58. The second kappa shape index (κ2) is 5.41. The molecule has 0 fully saturated rings. The molecule has 2 aromatic rings. The van der Waals surface area contributed by atoms with Gasteiger partial charge < -0.3 is 9.73 Å². The predicted molar refractivity (Wildman–Crippen MR) is 68.7 cm³/mol. The largest absolute Gasteiger partial charge is 0.446 e. The first-order valence-corrected chi connectivity index (χ1v) is 7.01. The molecular formula is C12H13FN2O3S. The Kier molecular flexibility index (Phi) is 3.87. The molecular weight excluding hydrogens is 271 g/mol. The number of hydrogen-bond acceptors (Lipinski definition) is 4. The Balaban J connectivity index is 2.22. The van der Waals surface area contributed by atoms with Crippen LogP contribution in [-0.2, 0) is 16.6 Å². The highest BCUT2D eigenvalue weighted by molar-refractivity contribution is 7.92. The molecule has 7 heteroatoms. The molecule has 1 heterocycles. The molecule has 102 valence electrons. The average Bonchev–Trinajstić information content (AvgIpc) is 2.78. The average molecular weight is 284 g/mol. The molecule has 0 saturated carbocycles. The van der Waals surface area contributed by atoms with Gasteiger partial charge >= 0.3 is 0 Å². The Morgan fingerprint density at radius 2 is 2.05 bits per heavy atom. The lowest BCUT2D eigenvalue weighted by atomic mass is 10.3. The zero-order chi connectivity index (χ0) is 13.9. The van der Waals surface area contributed by atoms with Crippen LogP contribution in [0.25, 0.3) is 0 Å². The van der Waals surface area contributed by atoms with E-state index in [0.29, 0.717) is 12.3 Å². The van der Waals surface area contributed by atoms with Crippen LogP contribution in [0.3, 0.4) is 0 Å². The SMILES string of the molecule is CNCc1ccc(S(=O)(=O)Nc2cccc(F)c2)o1. The van der Waals surface area contributed by atoms with Crippen molar-refractivity contribution in [3.63, 3.8) is 0 Å². The predicted octanol–water partition coefficient (Wildman–Crippen LogP) is 1.94. The van der Waals surface area contributed by atoms with Gasteiger partial charge in [-0.3, -0.25) is 4.72 Å². The Labute approximate surface area is 110 Å². The summed E-state index contributed by atoms with van der Waals surface area (Å²) in [6.45, 7) is 0.426. The van der Waals surface area contributed by atoms with Crippen molar-refractivity contribution in [1.29, 1.82) is 0 Å². The zero-order valence-corrected chi connectivity index (χ0v) is 11.0. The maximum Gasteiger partial charge on any atom is 0.295 e. The van der Waals surface area contributed by atoms with Crippen molar-refractivity contribution in [2.24, 2.45) is 0 Å². The Bertz CT molecular complexity index is 667. The third kappa shape index (κ3) is 3.33. The van der Waals surface area contributed by atoms with Crippen molar-refractivity contribution in [3.05, 3.63) is 48.0 Å². The first-order valence-electron chi connectivity index (χ1n) is 5.53. The van der Waals surface area contributed by atoms with Gasteiger partial charge in [0.05, 0.1) is 12.2 Å². The van der Waals surface area contributed by atoms with E-state index in [2.05, 4.69) is 10.0 Å². The van der Waals surface area contributed by atoms with Gasteiger partial charge in [0, 0.05) is 0 Å². The van der Waals surface area contributed by atoms with E-state index >= 15 is 0 Å². The number of sulfonamides is 1. The van der Waals surface area contributed by atoms with Crippen LogP contribution >= 0.6 is 0 Å². The van der Waals surface area contributed by atoms with E-state index in [0.717, 1.165) is 6.07 Å². The van der Waals surface area contributed by atoms with E-state index in [-0.39, 0.29) is 10.8 Å². The second-order valence-corrected chi connectivity index (χ2v) is 5.48. The number of anilines is 1. The normalized spacial score (nSPS) is 11.5. The van der Waals surface area contributed by atoms with Crippen molar-refractivity contribution < 1.29 is 17.2 Å². The van der Waals surface area contributed by atoms with Gasteiger partial charge in [-0.25, -0.2) is 4.39 Å². The minimum Gasteiger partial charge on any atom is -0.446 e. The van der Waals surface area contributed by atoms with E-state index in [1.54, 1.807) is 13.1 Å². The van der Waals surface area contributed by atoms with E-state index in [4.69, 9.17) is 4.42 Å². The molecule has 0 atom stereocenters. The smallest absolute Gasteiger partial charge is 0.295 e. The number of nitrogens with one attached hydrogen (secondary N) is 2. The zero-order valence-electron chi connectivity index (χ0n) is 10.2. The molecule has 19 heavy (non-hydrogen) atoms. The number of furan rings is 1. The van der Waals surface area contributed by atoms with Crippen molar-refractivity contribution >= 4 is 15.7 Å². The van der Waals surface area contributed by atoms with Crippen LogP contribution < -0.4 is 10.0 Å². The molecule has 0 bridgehead atoms. The van der Waals surface area contributed by atoms with Gasteiger partial charge in [-0.05, 0) is 37.4 Å². The molecule has 0 radical (unpaired) electrons. The number of rotatable bonds is 5. The Hall–Kier alpha value is -1.86. The van der Waals surface area contributed by atoms with Gasteiger partial charge in [-0.15, -0.1) is 0 Å². The number of halogens is 1. The minimum atomic E-state index is -3.84. The molecule has 0 spiro atoms. The summed E-state index contributed by atoms with van der Waals surface area (Å²) in [5.74, 6) is -0.0161. The summed E-state index contributed by atoms with van der Waals surface area (Å²) in [6, 6.07) is 8.12. The minimum absolute atomic E-state index is 0.145. The fraction of sp³-hybridized carbons (Fsp3) is 0.167. The molecule has 0 aliphatic rings. The number of hydrogen-bond donors (Lipinski definition) is 2. The van der Waals surface area contributed by atoms with Gasteiger partial charge in [0.25, 0.3) is 10.0 Å². The molecule has 0 saturated heterocycles. The van der Waals surface area contributed by atoms with Crippen molar-refractivity contribution in [3.8, 4) is 0 Å². The molecule has 1 aromatic heterocycles. The summed E-state index contributed by atoms with van der Waals surface area (Å²) in [5, 5.41) is 2.64. The van der Waals surface area contributed by atoms with E-state index in [9.17, 15) is 12.8 Å². The first kappa shape index (κ1) is 13.6. The summed E-state index contributed by atoms with van der Waals surface area (Å²) < 4.78 is 44.4. The summed E-state index contributed by atoms with van der Waals surface area (Å²) in [4.78, 5) is 0. The lowest BCUT2D eigenvalue weighted by Gasteiger charge is -2.05. The molecule has 1 aromatic carbocycles. The summed E-state index contributed by atoms with van der Waals surface area (Å²) in [7, 11) is -2.11. The van der Waals surface area contributed by atoms with Crippen LogP contribution in [0.15, 0.2) is 45.9 Å². The van der Waals surface area contributed by atoms with E-state index < -0.39 is 15.8 Å². The highest BCUT2D eigenvalue weighted by Gasteiger charge is 2.18. The van der Waals surface area contributed by atoms with Gasteiger partial charge in [0.15, 0.2) is 0 Å². The van der Waals surface area contributed by atoms with Crippen LogP contribution in [-0.4, -0.2) is 15.5 Å². The summed E-state index contributed by atoms with van der Waals surface area (Å²) in [5.41, 5.74) is 0.145. The molecule has 0 amide bonds. The van der Waals surface area contributed by atoms with Crippen molar-refractivity contribution in [2.45, 2.75) is 11.6 Å². The van der Waals surface area contributed by atoms with Crippen LogP contribution in [0, 0.1) is 5.82 Å². The van der Waals surface area contributed by atoms with Crippen LogP contribution in [0.5, 0.6) is 0 Å². The monoisotopic (exact) mass is 284 g/mol. The first-order chi connectivity index (χ1) is 9.01. The lowest BCUT2D eigenvalue weighted by Crippen LogP contribution is -2.12. The lowest BCUT2D eigenvalue weighted by molar-refractivity contribution is 0.408. The van der Waals surface area contributed by atoms with Gasteiger partial charge in [-0.2, -0.15) is 8.42 Å². The molecule has 0 unspecified atom stereocenters. The van der Waals surface area contributed by atoms with Crippen molar-refractivity contribution in [1.82, 2.24) is 5.32 Å². The van der Waals surface area contributed by atoms with E-state index in [1.165, 1.54) is 24.3 Å². The molecule has 2 rings (SSSR count). The highest BCUT2D eigenvalue weighted by Crippen LogP contribution is 2.19. The quantitative estimate of drug-likeness (QED) is 0.880. The Morgan fingerprint density at radius 3 is 2.74 bits per heavy atom. The topological polar surface area (TPSA) is 71.3 Å². The standard InChI is InChI=1S/C12H13FN2O3S/c1-14-8-11-5-6-12(18-11)19(16,17)15-10-4-2-3-9(13)7-10/h2-7,14-15H,8H2,1H3. The molecule has 2 N–H and O–H groups in total. The van der Waals surface area contributed by atoms with Gasteiger partial charge in [0.2, 0.25) is 5.09 Å². The third-order valence-electron chi connectivity index (χ3n) is 2.33. The fourth-order valence-corrected chi connectivity index (χ4v) is 2.53. The van der Waals surface area contributed by atoms with Crippen molar-refractivity contribution in [2.75, 3.05) is 11.8 Å². The fourth-order valence-electron chi connectivity index (χ4n) is 1.53. The maximum atomic E-state index is 13.0. The molecule has 5 nitrogen and oxygen atoms in total. The molecule has 0 aliphatic heterocycles. The van der Waals surface area contributed by atoms with Crippen LogP contribution in [0.2, 0.25) is 0 Å².